The zero-order chi connectivity index (χ0) is 15.6. The second kappa shape index (κ2) is 6.32. The number of nitrogens with zero attached hydrogens (tertiary/aromatic N) is 3. The number of amides is 1. The van der Waals surface area contributed by atoms with Crippen LogP contribution >= 0.6 is 0 Å². The minimum absolute atomic E-state index is 0.141. The molecule has 23 heavy (non-hydrogen) atoms. The molecule has 0 aliphatic carbocycles. The maximum absolute atomic E-state index is 12.8. The molecule has 2 saturated heterocycles. The Morgan fingerprint density at radius 2 is 1.96 bits per heavy atom. The fraction of sp³-hybridized carbons (Fsp3) is 0.556. The van der Waals surface area contributed by atoms with Crippen molar-refractivity contribution >= 4 is 11.4 Å². The van der Waals surface area contributed by atoms with E-state index in [0.29, 0.717) is 5.92 Å². The molecule has 0 saturated carbocycles. The second-order valence-corrected chi connectivity index (χ2v) is 6.73. The molecule has 5 heteroatoms. The minimum atomic E-state index is 0.141. The summed E-state index contributed by atoms with van der Waals surface area (Å²) in [5.74, 6) is 0.733. The van der Waals surface area contributed by atoms with E-state index in [0.717, 1.165) is 50.1 Å². The first-order valence-corrected chi connectivity index (χ1v) is 8.80. The molecule has 4 rings (SSSR count). The van der Waals surface area contributed by atoms with Gasteiger partial charge < -0.3 is 10.2 Å². The Labute approximate surface area is 136 Å². The molecule has 0 bridgehead atoms. The van der Waals surface area contributed by atoms with E-state index >= 15 is 0 Å². The number of hydrogen-bond donors (Lipinski definition) is 1. The highest BCUT2D eigenvalue weighted by atomic mass is 16.2. The molecule has 1 N–H and O–H groups in total. The van der Waals surface area contributed by atoms with Crippen molar-refractivity contribution < 1.29 is 4.79 Å². The Morgan fingerprint density at radius 1 is 1.17 bits per heavy atom. The molecule has 122 valence electrons. The molecule has 1 amide bonds. The summed E-state index contributed by atoms with van der Waals surface area (Å²) < 4.78 is 1.84. The number of fused-ring (bicyclic) bond motifs is 1. The molecule has 0 radical (unpaired) electrons. The van der Waals surface area contributed by atoms with Crippen LogP contribution < -0.4 is 5.32 Å². The van der Waals surface area contributed by atoms with Gasteiger partial charge in [0.15, 0.2) is 0 Å². The van der Waals surface area contributed by atoms with Crippen molar-refractivity contribution in [3.05, 3.63) is 35.7 Å². The third-order valence-electron chi connectivity index (χ3n) is 5.23. The van der Waals surface area contributed by atoms with Crippen molar-refractivity contribution in [1.29, 1.82) is 0 Å². The highest BCUT2D eigenvalue weighted by molar-refractivity contribution is 6.00. The zero-order valence-corrected chi connectivity index (χ0v) is 13.5. The van der Waals surface area contributed by atoms with E-state index in [2.05, 4.69) is 22.5 Å². The monoisotopic (exact) mass is 312 g/mol. The molecule has 2 aliphatic rings. The first-order valence-electron chi connectivity index (χ1n) is 8.80. The molecule has 5 nitrogen and oxygen atoms in total. The fourth-order valence-electron chi connectivity index (χ4n) is 3.84. The van der Waals surface area contributed by atoms with Crippen molar-refractivity contribution in [2.24, 2.45) is 0 Å². The van der Waals surface area contributed by atoms with Crippen LogP contribution in [-0.4, -0.2) is 46.6 Å². The quantitative estimate of drug-likeness (QED) is 0.926. The van der Waals surface area contributed by atoms with Gasteiger partial charge in [-0.1, -0.05) is 0 Å². The average Bonchev–Trinajstić information content (AvgIpc) is 3.05. The van der Waals surface area contributed by atoms with Crippen LogP contribution in [-0.2, 0) is 0 Å². The normalized spacial score (nSPS) is 20.1. The Hall–Kier alpha value is -1.88. The summed E-state index contributed by atoms with van der Waals surface area (Å²) in [6.45, 7) is 3.91. The molecular formula is C18H24N4O. The van der Waals surface area contributed by atoms with Crippen molar-refractivity contribution in [2.75, 3.05) is 26.2 Å². The number of rotatable bonds is 2. The summed E-state index contributed by atoms with van der Waals surface area (Å²) in [5.41, 5.74) is 3.05. The molecule has 0 atom stereocenters. The van der Waals surface area contributed by atoms with E-state index in [9.17, 15) is 4.79 Å². The van der Waals surface area contributed by atoms with Crippen LogP contribution in [0.5, 0.6) is 0 Å². The number of carbonyl (C=O) groups is 1. The van der Waals surface area contributed by atoms with Crippen molar-refractivity contribution in [1.82, 2.24) is 19.8 Å². The van der Waals surface area contributed by atoms with Gasteiger partial charge in [-0.2, -0.15) is 5.10 Å². The molecule has 4 heterocycles. The summed E-state index contributed by atoms with van der Waals surface area (Å²) in [4.78, 5) is 14.8. The fourth-order valence-corrected chi connectivity index (χ4v) is 3.84. The number of pyridine rings is 1. The number of aromatic nitrogens is 2. The molecule has 2 aliphatic heterocycles. The predicted octanol–water partition coefficient (Wildman–Crippen LogP) is 2.43. The molecule has 0 spiro atoms. The number of hydrogen-bond acceptors (Lipinski definition) is 3. The van der Waals surface area contributed by atoms with Gasteiger partial charge in [-0.15, -0.1) is 0 Å². The summed E-state index contributed by atoms with van der Waals surface area (Å²) >= 11 is 0. The SMILES string of the molecule is O=C(c1cnn2ccc(C3CCNCC3)cc12)N1CCCCC1. The summed E-state index contributed by atoms with van der Waals surface area (Å²) in [6, 6.07) is 4.34. The molecule has 0 unspecified atom stereocenters. The van der Waals surface area contributed by atoms with Crippen molar-refractivity contribution in [3.63, 3.8) is 0 Å². The predicted molar refractivity (Wildman–Crippen MR) is 89.8 cm³/mol. The van der Waals surface area contributed by atoms with Gasteiger partial charge in [0.1, 0.15) is 0 Å². The summed E-state index contributed by atoms with van der Waals surface area (Å²) in [6.07, 6.45) is 9.53. The number of likely N-dealkylation sites (tertiary alicyclic amines) is 1. The maximum atomic E-state index is 12.8. The standard InChI is InChI=1S/C18H24N4O/c23-18(21-9-2-1-3-10-21)16-13-20-22-11-6-15(12-17(16)22)14-4-7-19-8-5-14/h6,11-14,19H,1-5,7-10H2. The van der Waals surface area contributed by atoms with Crippen LogP contribution in [0.25, 0.3) is 5.52 Å². The highest BCUT2D eigenvalue weighted by Gasteiger charge is 2.22. The Bertz CT molecular complexity index is 696. The van der Waals surface area contributed by atoms with Crippen LogP contribution in [0, 0.1) is 0 Å². The largest absolute Gasteiger partial charge is 0.339 e. The first-order chi connectivity index (χ1) is 11.3. The van der Waals surface area contributed by atoms with Gasteiger partial charge in [-0.05, 0) is 68.8 Å². The molecule has 0 aromatic carbocycles. The lowest BCUT2D eigenvalue weighted by atomic mass is 9.90. The van der Waals surface area contributed by atoms with Crippen LogP contribution in [0.4, 0.5) is 0 Å². The lowest BCUT2D eigenvalue weighted by Gasteiger charge is -2.26. The third kappa shape index (κ3) is 2.85. The van der Waals surface area contributed by atoms with E-state index in [1.54, 1.807) is 6.20 Å². The van der Waals surface area contributed by atoms with Crippen molar-refractivity contribution in [3.8, 4) is 0 Å². The van der Waals surface area contributed by atoms with Gasteiger partial charge in [-0.3, -0.25) is 4.79 Å². The van der Waals surface area contributed by atoms with Gasteiger partial charge in [0.05, 0.1) is 17.3 Å². The van der Waals surface area contributed by atoms with Crippen LogP contribution in [0.15, 0.2) is 24.5 Å². The van der Waals surface area contributed by atoms with E-state index in [1.165, 1.54) is 24.8 Å². The number of piperidine rings is 2. The van der Waals surface area contributed by atoms with Crippen LogP contribution in [0.3, 0.4) is 0 Å². The Balaban J connectivity index is 1.65. The summed E-state index contributed by atoms with van der Waals surface area (Å²) in [7, 11) is 0. The van der Waals surface area contributed by atoms with Crippen LogP contribution in [0.2, 0.25) is 0 Å². The Morgan fingerprint density at radius 3 is 2.74 bits per heavy atom. The molecule has 2 aromatic heterocycles. The highest BCUT2D eigenvalue weighted by Crippen LogP contribution is 2.27. The average molecular weight is 312 g/mol. The van der Waals surface area contributed by atoms with Crippen LogP contribution in [0.1, 0.15) is 53.9 Å². The molecule has 2 fully saturated rings. The minimum Gasteiger partial charge on any atom is -0.339 e. The van der Waals surface area contributed by atoms with Gasteiger partial charge in [0.2, 0.25) is 0 Å². The molecule has 2 aromatic rings. The van der Waals surface area contributed by atoms with Gasteiger partial charge in [0.25, 0.3) is 5.91 Å². The zero-order valence-electron chi connectivity index (χ0n) is 13.5. The maximum Gasteiger partial charge on any atom is 0.257 e. The van der Waals surface area contributed by atoms with E-state index in [-0.39, 0.29) is 5.91 Å². The smallest absolute Gasteiger partial charge is 0.257 e. The lowest BCUT2D eigenvalue weighted by Crippen LogP contribution is -2.35. The van der Waals surface area contributed by atoms with E-state index in [1.807, 2.05) is 15.6 Å². The molecular weight excluding hydrogens is 288 g/mol. The van der Waals surface area contributed by atoms with Gasteiger partial charge in [0, 0.05) is 19.3 Å². The number of nitrogens with one attached hydrogen (secondary N) is 1. The topological polar surface area (TPSA) is 49.6 Å². The van der Waals surface area contributed by atoms with E-state index in [4.69, 9.17) is 0 Å². The second-order valence-electron chi connectivity index (χ2n) is 6.73. The number of carbonyl (C=O) groups excluding carboxylic acids is 1. The van der Waals surface area contributed by atoms with Crippen molar-refractivity contribution in [2.45, 2.75) is 38.0 Å². The summed E-state index contributed by atoms with van der Waals surface area (Å²) in [5, 5.41) is 7.79. The van der Waals surface area contributed by atoms with Gasteiger partial charge >= 0.3 is 0 Å². The third-order valence-corrected chi connectivity index (χ3v) is 5.23. The first kappa shape index (κ1) is 14.7. The lowest BCUT2D eigenvalue weighted by molar-refractivity contribution is 0.0726. The Kier molecular flexibility index (Phi) is 4.04. The van der Waals surface area contributed by atoms with E-state index < -0.39 is 0 Å². The van der Waals surface area contributed by atoms with Gasteiger partial charge in [-0.25, -0.2) is 4.52 Å².